The molecule has 0 radical (unpaired) electrons. The quantitative estimate of drug-likeness (QED) is 0.887. The van der Waals surface area contributed by atoms with E-state index in [9.17, 15) is 9.59 Å². The second-order valence-electron chi connectivity index (χ2n) is 6.23. The molecule has 1 fully saturated rings. The molecule has 6 heteroatoms. The molecule has 0 saturated carbocycles. The smallest absolute Gasteiger partial charge is 0.230 e. The summed E-state index contributed by atoms with van der Waals surface area (Å²) in [5.41, 5.74) is 2.08. The number of amides is 2. The fourth-order valence-corrected chi connectivity index (χ4v) is 3.05. The number of aromatic nitrogens is 2. The van der Waals surface area contributed by atoms with Crippen molar-refractivity contribution in [3.8, 4) is 0 Å². The van der Waals surface area contributed by atoms with Gasteiger partial charge in [0.2, 0.25) is 11.8 Å². The molecule has 2 N–H and O–H groups in total. The van der Waals surface area contributed by atoms with Gasteiger partial charge >= 0.3 is 0 Å². The van der Waals surface area contributed by atoms with Crippen LogP contribution < -0.4 is 10.2 Å². The van der Waals surface area contributed by atoms with Crippen molar-refractivity contribution in [2.75, 3.05) is 16.8 Å². The highest BCUT2D eigenvalue weighted by molar-refractivity contribution is 6.03. The van der Waals surface area contributed by atoms with Crippen molar-refractivity contribution in [1.82, 2.24) is 10.2 Å². The summed E-state index contributed by atoms with van der Waals surface area (Å²) in [5.74, 6) is 0.398. The van der Waals surface area contributed by atoms with Crippen LogP contribution in [-0.4, -0.2) is 28.6 Å². The van der Waals surface area contributed by atoms with E-state index in [0.717, 1.165) is 17.7 Å². The monoisotopic (exact) mass is 326 g/mol. The van der Waals surface area contributed by atoms with E-state index in [2.05, 4.69) is 35.4 Å². The first-order chi connectivity index (χ1) is 11.6. The average molecular weight is 326 g/mol. The standard InChI is InChI=1S/C18H22N4O2/c1-3-12(2)14-6-4-5-7-15(14)22-11-13(10-17(22)23)18(24)20-16-8-9-19-21-16/h4-9,12-13H,3,10-11H2,1-2H3,(H2,19,20,21,24). The van der Waals surface area contributed by atoms with Gasteiger partial charge in [-0.2, -0.15) is 5.10 Å². The Kier molecular flexibility index (Phi) is 4.64. The lowest BCUT2D eigenvalue weighted by Gasteiger charge is -2.23. The summed E-state index contributed by atoms with van der Waals surface area (Å²) in [6.45, 7) is 4.70. The maximum absolute atomic E-state index is 12.5. The molecule has 2 heterocycles. The number of aromatic amines is 1. The highest BCUT2D eigenvalue weighted by atomic mass is 16.2. The molecule has 2 atom stereocenters. The summed E-state index contributed by atoms with van der Waals surface area (Å²) in [6.07, 6.45) is 2.81. The molecule has 2 aromatic rings. The lowest BCUT2D eigenvalue weighted by molar-refractivity contribution is -0.122. The Morgan fingerprint density at radius 3 is 2.92 bits per heavy atom. The zero-order chi connectivity index (χ0) is 17.1. The molecule has 2 amide bonds. The molecule has 1 aromatic carbocycles. The van der Waals surface area contributed by atoms with E-state index < -0.39 is 0 Å². The Morgan fingerprint density at radius 1 is 1.42 bits per heavy atom. The van der Waals surface area contributed by atoms with Crippen molar-refractivity contribution in [1.29, 1.82) is 0 Å². The number of carbonyl (C=O) groups is 2. The molecule has 2 unspecified atom stereocenters. The molecule has 0 spiro atoms. The van der Waals surface area contributed by atoms with Gasteiger partial charge in [-0.3, -0.25) is 14.7 Å². The highest BCUT2D eigenvalue weighted by Crippen LogP contribution is 2.33. The van der Waals surface area contributed by atoms with Crippen molar-refractivity contribution in [3.05, 3.63) is 42.1 Å². The van der Waals surface area contributed by atoms with E-state index in [1.165, 1.54) is 0 Å². The summed E-state index contributed by atoms with van der Waals surface area (Å²) in [7, 11) is 0. The third-order valence-corrected chi connectivity index (χ3v) is 4.63. The van der Waals surface area contributed by atoms with E-state index >= 15 is 0 Å². The number of rotatable bonds is 5. The zero-order valence-electron chi connectivity index (χ0n) is 14.0. The molecule has 1 aliphatic rings. The van der Waals surface area contributed by atoms with Gasteiger partial charge in [0.1, 0.15) is 5.82 Å². The molecule has 6 nitrogen and oxygen atoms in total. The number of nitrogens with zero attached hydrogens (tertiary/aromatic N) is 2. The van der Waals surface area contributed by atoms with Crippen LogP contribution in [0.2, 0.25) is 0 Å². The van der Waals surface area contributed by atoms with Crippen molar-refractivity contribution < 1.29 is 9.59 Å². The number of H-pyrrole nitrogens is 1. The zero-order valence-corrected chi connectivity index (χ0v) is 14.0. The first-order valence-electron chi connectivity index (χ1n) is 8.29. The van der Waals surface area contributed by atoms with Gasteiger partial charge in [-0.1, -0.05) is 32.0 Å². The second kappa shape index (κ2) is 6.86. The van der Waals surface area contributed by atoms with Crippen molar-refractivity contribution in [2.45, 2.75) is 32.6 Å². The molecule has 1 saturated heterocycles. The van der Waals surface area contributed by atoms with Crippen molar-refractivity contribution >= 4 is 23.3 Å². The van der Waals surface area contributed by atoms with Gasteiger partial charge in [0.15, 0.2) is 0 Å². The normalized spacial score (nSPS) is 18.7. The van der Waals surface area contributed by atoms with E-state index in [0.29, 0.717) is 18.3 Å². The minimum absolute atomic E-state index is 0.00415. The number of para-hydroxylation sites is 1. The van der Waals surface area contributed by atoms with Gasteiger partial charge in [0.05, 0.1) is 12.1 Å². The summed E-state index contributed by atoms with van der Waals surface area (Å²) < 4.78 is 0. The van der Waals surface area contributed by atoms with Crippen LogP contribution in [0.5, 0.6) is 0 Å². The number of benzene rings is 1. The summed E-state index contributed by atoms with van der Waals surface area (Å²) in [5, 5.41) is 9.27. The Labute approximate surface area is 141 Å². The molecular formula is C18H22N4O2. The molecule has 1 aliphatic heterocycles. The lowest BCUT2D eigenvalue weighted by Crippen LogP contribution is -2.29. The number of hydrogen-bond donors (Lipinski definition) is 2. The summed E-state index contributed by atoms with van der Waals surface area (Å²) >= 11 is 0. The van der Waals surface area contributed by atoms with E-state index in [1.54, 1.807) is 17.2 Å². The lowest BCUT2D eigenvalue weighted by atomic mass is 9.96. The average Bonchev–Trinajstić information content (AvgIpc) is 3.23. The third-order valence-electron chi connectivity index (χ3n) is 4.63. The van der Waals surface area contributed by atoms with Crippen LogP contribution in [0.3, 0.4) is 0 Å². The number of nitrogens with one attached hydrogen (secondary N) is 2. The molecular weight excluding hydrogens is 304 g/mol. The van der Waals surface area contributed by atoms with Crippen LogP contribution in [0.15, 0.2) is 36.5 Å². The summed E-state index contributed by atoms with van der Waals surface area (Å²) in [4.78, 5) is 26.6. The largest absolute Gasteiger partial charge is 0.311 e. The Morgan fingerprint density at radius 2 is 2.21 bits per heavy atom. The van der Waals surface area contributed by atoms with Crippen LogP contribution in [0.25, 0.3) is 0 Å². The Bertz CT molecular complexity index is 726. The minimum atomic E-state index is -0.356. The van der Waals surface area contributed by atoms with Crippen LogP contribution in [0.4, 0.5) is 11.5 Å². The Balaban J connectivity index is 1.77. The topological polar surface area (TPSA) is 78.1 Å². The fourth-order valence-electron chi connectivity index (χ4n) is 3.05. The fraction of sp³-hybridized carbons (Fsp3) is 0.389. The molecule has 3 rings (SSSR count). The molecule has 24 heavy (non-hydrogen) atoms. The van der Waals surface area contributed by atoms with Gasteiger partial charge in [-0.15, -0.1) is 0 Å². The van der Waals surface area contributed by atoms with E-state index in [4.69, 9.17) is 0 Å². The van der Waals surface area contributed by atoms with Crippen LogP contribution in [0, 0.1) is 5.92 Å². The van der Waals surface area contributed by atoms with Gasteiger partial charge in [-0.25, -0.2) is 0 Å². The first-order valence-corrected chi connectivity index (χ1v) is 8.29. The van der Waals surface area contributed by atoms with Gasteiger partial charge in [0.25, 0.3) is 0 Å². The van der Waals surface area contributed by atoms with E-state index in [1.807, 2.05) is 18.2 Å². The maximum atomic E-state index is 12.5. The second-order valence-corrected chi connectivity index (χ2v) is 6.23. The predicted octanol–water partition coefficient (Wildman–Crippen LogP) is 2.91. The van der Waals surface area contributed by atoms with Crippen LogP contribution in [-0.2, 0) is 9.59 Å². The molecule has 1 aromatic heterocycles. The third kappa shape index (κ3) is 3.18. The van der Waals surface area contributed by atoms with Gasteiger partial charge in [0, 0.05) is 24.7 Å². The highest BCUT2D eigenvalue weighted by Gasteiger charge is 2.36. The number of hydrogen-bond acceptors (Lipinski definition) is 3. The SMILES string of the molecule is CCC(C)c1ccccc1N1CC(C(=O)Nc2ccn[nH]2)CC1=O. The van der Waals surface area contributed by atoms with Crippen molar-refractivity contribution in [3.63, 3.8) is 0 Å². The van der Waals surface area contributed by atoms with Crippen LogP contribution in [0.1, 0.15) is 38.2 Å². The van der Waals surface area contributed by atoms with Crippen LogP contribution >= 0.6 is 0 Å². The molecule has 126 valence electrons. The van der Waals surface area contributed by atoms with Crippen molar-refractivity contribution in [2.24, 2.45) is 5.92 Å². The predicted molar refractivity (Wildman–Crippen MR) is 92.8 cm³/mol. The number of carbonyl (C=O) groups excluding carboxylic acids is 2. The minimum Gasteiger partial charge on any atom is -0.311 e. The van der Waals surface area contributed by atoms with Gasteiger partial charge < -0.3 is 10.2 Å². The van der Waals surface area contributed by atoms with Gasteiger partial charge in [-0.05, 0) is 24.0 Å². The molecule has 0 bridgehead atoms. The first kappa shape index (κ1) is 16.2. The molecule has 0 aliphatic carbocycles. The number of anilines is 2. The van der Waals surface area contributed by atoms with E-state index in [-0.39, 0.29) is 24.2 Å². The Hall–Kier alpha value is -2.63. The summed E-state index contributed by atoms with van der Waals surface area (Å²) in [6, 6.07) is 9.65. The maximum Gasteiger partial charge on any atom is 0.230 e.